The number of anilines is 1. The monoisotopic (exact) mass is 554 g/mol. The first-order chi connectivity index (χ1) is 18.9. The van der Waals surface area contributed by atoms with Crippen LogP contribution in [0.15, 0.2) is 53.8 Å². The van der Waals surface area contributed by atoms with E-state index < -0.39 is 10.0 Å². The molecule has 0 unspecified atom stereocenters. The minimum atomic E-state index is -3.77. The van der Waals surface area contributed by atoms with E-state index in [2.05, 4.69) is 20.0 Å². The predicted octanol–water partition coefficient (Wildman–Crippen LogP) is 2.73. The second-order valence-electron chi connectivity index (χ2n) is 8.80. The molecular weight excluding hydrogens is 524 g/mol. The minimum Gasteiger partial charge on any atom is -0.493 e. The number of fused-ring (bicyclic) bond motifs is 1. The summed E-state index contributed by atoms with van der Waals surface area (Å²) in [5.74, 6) is 3.25. The van der Waals surface area contributed by atoms with Crippen LogP contribution in [0.4, 0.5) is 5.82 Å². The molecule has 0 aliphatic carbocycles. The van der Waals surface area contributed by atoms with Crippen LogP contribution in [0.25, 0.3) is 16.9 Å². The molecule has 5 rings (SSSR count). The van der Waals surface area contributed by atoms with E-state index >= 15 is 0 Å². The summed E-state index contributed by atoms with van der Waals surface area (Å²) in [6.07, 6.45) is 3.82. The smallest absolute Gasteiger partial charge is 0.254 e. The highest BCUT2D eigenvalue weighted by molar-refractivity contribution is 7.89. The fourth-order valence-corrected chi connectivity index (χ4v) is 6.24. The van der Waals surface area contributed by atoms with Crippen molar-refractivity contribution in [1.82, 2.24) is 23.9 Å². The van der Waals surface area contributed by atoms with E-state index in [-0.39, 0.29) is 11.4 Å². The molecular formula is C26H30N6O6S. The Bertz CT molecular complexity index is 1590. The molecule has 0 N–H and O–H groups in total. The van der Waals surface area contributed by atoms with Crippen molar-refractivity contribution in [2.24, 2.45) is 0 Å². The van der Waals surface area contributed by atoms with Crippen molar-refractivity contribution in [3.63, 3.8) is 0 Å². The Labute approximate surface area is 226 Å². The maximum atomic E-state index is 13.6. The summed E-state index contributed by atoms with van der Waals surface area (Å²) in [7, 11) is 2.40. The quantitative estimate of drug-likeness (QED) is 0.321. The Kier molecular flexibility index (Phi) is 7.44. The number of rotatable bonds is 8. The molecule has 1 saturated heterocycles. The Hall–Kier alpha value is -4.10. The van der Waals surface area contributed by atoms with Gasteiger partial charge in [0.1, 0.15) is 12.1 Å². The third-order valence-electron chi connectivity index (χ3n) is 6.72. The third-order valence-corrected chi connectivity index (χ3v) is 8.62. The molecule has 0 amide bonds. The molecule has 13 heteroatoms. The van der Waals surface area contributed by atoms with Gasteiger partial charge >= 0.3 is 0 Å². The first-order valence-corrected chi connectivity index (χ1v) is 13.7. The molecule has 0 radical (unpaired) electrons. The number of sulfonamides is 1. The molecule has 0 bridgehead atoms. The summed E-state index contributed by atoms with van der Waals surface area (Å²) in [5.41, 5.74) is 1.66. The molecule has 2 aromatic carbocycles. The summed E-state index contributed by atoms with van der Waals surface area (Å²) in [6, 6.07) is 10.3. The summed E-state index contributed by atoms with van der Waals surface area (Å²) in [4.78, 5) is 11.0. The van der Waals surface area contributed by atoms with E-state index in [0.29, 0.717) is 54.8 Å². The van der Waals surface area contributed by atoms with Crippen molar-refractivity contribution in [2.45, 2.75) is 11.3 Å². The first kappa shape index (κ1) is 26.5. The van der Waals surface area contributed by atoms with Gasteiger partial charge in [-0.05, 0) is 36.2 Å². The Morgan fingerprint density at radius 2 is 1.46 bits per heavy atom. The number of aromatic nitrogens is 4. The highest BCUT2D eigenvalue weighted by atomic mass is 32.2. The molecule has 206 valence electrons. The number of hydrogen-bond donors (Lipinski definition) is 0. The van der Waals surface area contributed by atoms with Gasteiger partial charge in [0.15, 0.2) is 23.0 Å². The molecule has 1 aliphatic rings. The maximum Gasteiger partial charge on any atom is 0.254 e. The molecule has 0 atom stereocenters. The van der Waals surface area contributed by atoms with Gasteiger partial charge in [0, 0.05) is 44.0 Å². The minimum absolute atomic E-state index is 0.155. The van der Waals surface area contributed by atoms with Gasteiger partial charge in [0.05, 0.1) is 33.3 Å². The van der Waals surface area contributed by atoms with E-state index in [9.17, 15) is 8.42 Å². The lowest BCUT2D eigenvalue weighted by molar-refractivity contribution is 0.353. The van der Waals surface area contributed by atoms with Gasteiger partial charge in [-0.15, -0.1) is 0 Å². The van der Waals surface area contributed by atoms with Crippen molar-refractivity contribution in [2.75, 3.05) is 59.5 Å². The second-order valence-corrected chi connectivity index (χ2v) is 10.7. The largest absolute Gasteiger partial charge is 0.493 e. The van der Waals surface area contributed by atoms with Crippen molar-refractivity contribution in [3.8, 4) is 34.1 Å². The van der Waals surface area contributed by atoms with Crippen LogP contribution in [0.1, 0.15) is 6.42 Å². The number of hydrogen-bond acceptors (Lipinski definition) is 10. The molecule has 1 fully saturated rings. The van der Waals surface area contributed by atoms with E-state index in [1.54, 1.807) is 31.0 Å². The normalized spacial score (nSPS) is 14.7. The zero-order valence-corrected chi connectivity index (χ0v) is 23.0. The Balaban J connectivity index is 1.49. The molecule has 12 nitrogen and oxygen atoms in total. The highest BCUT2D eigenvalue weighted by Gasteiger charge is 2.30. The van der Waals surface area contributed by atoms with Gasteiger partial charge in [0.25, 0.3) is 5.78 Å². The van der Waals surface area contributed by atoms with E-state index in [1.807, 2.05) is 18.2 Å². The molecule has 3 heterocycles. The second kappa shape index (κ2) is 10.9. The Morgan fingerprint density at radius 3 is 2.18 bits per heavy atom. The van der Waals surface area contributed by atoms with Crippen LogP contribution in [0.5, 0.6) is 23.0 Å². The summed E-state index contributed by atoms with van der Waals surface area (Å²) in [5, 5.41) is 4.43. The summed E-state index contributed by atoms with van der Waals surface area (Å²) >= 11 is 0. The van der Waals surface area contributed by atoms with Gasteiger partial charge < -0.3 is 23.8 Å². The molecule has 2 aromatic heterocycles. The van der Waals surface area contributed by atoms with Crippen LogP contribution >= 0.6 is 0 Å². The number of benzene rings is 2. The van der Waals surface area contributed by atoms with Crippen LogP contribution in [0, 0.1) is 0 Å². The lowest BCUT2D eigenvalue weighted by Crippen LogP contribution is -2.35. The zero-order valence-electron chi connectivity index (χ0n) is 22.2. The SMILES string of the molecule is COc1ccc(-c2cnc3ncnn3c2N2CCCN(S(=O)(=O)c3ccc(OC)c(OC)c3)CC2)cc1OC. The van der Waals surface area contributed by atoms with E-state index in [4.69, 9.17) is 18.9 Å². The third kappa shape index (κ3) is 4.90. The van der Waals surface area contributed by atoms with Crippen LogP contribution < -0.4 is 23.8 Å². The van der Waals surface area contributed by atoms with Crippen molar-refractivity contribution >= 4 is 21.6 Å². The van der Waals surface area contributed by atoms with Gasteiger partial charge in [-0.2, -0.15) is 18.9 Å². The highest BCUT2D eigenvalue weighted by Crippen LogP contribution is 2.37. The Morgan fingerprint density at radius 1 is 0.769 bits per heavy atom. The molecule has 4 aromatic rings. The van der Waals surface area contributed by atoms with Gasteiger partial charge in [-0.25, -0.2) is 13.4 Å². The van der Waals surface area contributed by atoms with Crippen LogP contribution in [-0.4, -0.2) is 86.9 Å². The lowest BCUT2D eigenvalue weighted by atomic mass is 10.1. The molecule has 39 heavy (non-hydrogen) atoms. The van der Waals surface area contributed by atoms with Gasteiger partial charge in [0.2, 0.25) is 10.0 Å². The van der Waals surface area contributed by atoms with Crippen molar-refractivity contribution in [3.05, 3.63) is 48.9 Å². The predicted molar refractivity (Wildman–Crippen MR) is 144 cm³/mol. The van der Waals surface area contributed by atoms with Gasteiger partial charge in [-0.1, -0.05) is 6.07 Å². The molecule has 0 saturated carbocycles. The van der Waals surface area contributed by atoms with Crippen molar-refractivity contribution < 1.29 is 27.4 Å². The van der Waals surface area contributed by atoms with Gasteiger partial charge in [-0.3, -0.25) is 0 Å². The van der Waals surface area contributed by atoms with Crippen LogP contribution in [-0.2, 0) is 10.0 Å². The molecule has 0 spiro atoms. The number of ether oxygens (including phenoxy) is 4. The van der Waals surface area contributed by atoms with E-state index in [1.165, 1.54) is 37.0 Å². The average Bonchev–Trinajstić information content (AvgIpc) is 3.31. The summed E-state index contributed by atoms with van der Waals surface area (Å²) < 4.78 is 51.9. The fraction of sp³-hybridized carbons (Fsp3) is 0.346. The first-order valence-electron chi connectivity index (χ1n) is 12.3. The number of methoxy groups -OCH3 is 4. The topological polar surface area (TPSA) is 121 Å². The van der Waals surface area contributed by atoms with Crippen LogP contribution in [0.2, 0.25) is 0 Å². The average molecular weight is 555 g/mol. The van der Waals surface area contributed by atoms with E-state index in [0.717, 1.165) is 16.9 Å². The van der Waals surface area contributed by atoms with Crippen LogP contribution in [0.3, 0.4) is 0 Å². The zero-order chi connectivity index (χ0) is 27.6. The number of nitrogens with zero attached hydrogens (tertiary/aromatic N) is 6. The maximum absolute atomic E-state index is 13.6. The molecule has 1 aliphatic heterocycles. The fourth-order valence-electron chi connectivity index (χ4n) is 4.75. The van der Waals surface area contributed by atoms with Crippen molar-refractivity contribution in [1.29, 1.82) is 0 Å². The summed E-state index contributed by atoms with van der Waals surface area (Å²) in [6.45, 7) is 1.69. The lowest BCUT2D eigenvalue weighted by Gasteiger charge is -2.26. The standard InChI is InChI=1S/C26H30N6O6S/c1-35-21-8-6-18(14-23(21)37-3)20-16-27-26-28-17-29-32(26)25(20)30-10-5-11-31(13-12-30)39(33,34)19-7-9-22(36-2)24(15-19)38-4/h6-9,14-17H,5,10-13H2,1-4H3.